The van der Waals surface area contributed by atoms with Crippen molar-refractivity contribution in [3.63, 3.8) is 0 Å². The van der Waals surface area contributed by atoms with Gasteiger partial charge in [-0.25, -0.2) is 4.79 Å². The highest BCUT2D eigenvalue weighted by Gasteiger charge is 2.15. The molecule has 20 heavy (non-hydrogen) atoms. The van der Waals surface area contributed by atoms with Gasteiger partial charge in [0.15, 0.2) is 5.75 Å². The Morgan fingerprint density at radius 1 is 1.10 bits per heavy atom. The van der Waals surface area contributed by atoms with Crippen LogP contribution < -0.4 is 10.5 Å². The molecule has 0 amide bonds. The molecule has 0 unspecified atom stereocenters. The fourth-order valence-corrected chi connectivity index (χ4v) is 1.93. The van der Waals surface area contributed by atoms with Gasteiger partial charge in [0.2, 0.25) is 0 Å². The van der Waals surface area contributed by atoms with Gasteiger partial charge in [-0.15, -0.1) is 0 Å². The Balaban J connectivity index is 2.39. The molecule has 0 atom stereocenters. The highest BCUT2D eigenvalue weighted by Crippen LogP contribution is 2.37. The summed E-state index contributed by atoms with van der Waals surface area (Å²) in [5.41, 5.74) is 6.30. The van der Waals surface area contributed by atoms with E-state index in [0.29, 0.717) is 16.5 Å². The third kappa shape index (κ3) is 2.81. The number of hydrogen-bond acceptors (Lipinski definition) is 4. The number of carbonyl (C=O) groups is 1. The summed E-state index contributed by atoms with van der Waals surface area (Å²) in [7, 11) is 1.28. The molecule has 104 valence electrons. The van der Waals surface area contributed by atoms with Gasteiger partial charge in [0.1, 0.15) is 10.8 Å². The first-order valence-electron chi connectivity index (χ1n) is 5.63. The number of methoxy groups -OCH3 is 1. The maximum Gasteiger partial charge on any atom is 0.340 e. The van der Waals surface area contributed by atoms with Crippen LogP contribution in [-0.2, 0) is 4.74 Å². The van der Waals surface area contributed by atoms with E-state index in [-0.39, 0.29) is 16.3 Å². The van der Waals surface area contributed by atoms with Crippen molar-refractivity contribution < 1.29 is 14.3 Å². The van der Waals surface area contributed by atoms with Gasteiger partial charge in [-0.2, -0.15) is 0 Å². The lowest BCUT2D eigenvalue weighted by atomic mass is 10.1. The van der Waals surface area contributed by atoms with E-state index >= 15 is 0 Å². The summed E-state index contributed by atoms with van der Waals surface area (Å²) >= 11 is 11.9. The zero-order valence-corrected chi connectivity index (χ0v) is 12.0. The average molecular weight is 312 g/mol. The molecule has 0 spiro atoms. The molecule has 0 saturated heterocycles. The van der Waals surface area contributed by atoms with Crippen LogP contribution in [-0.4, -0.2) is 13.1 Å². The lowest BCUT2D eigenvalue weighted by molar-refractivity contribution is 0.0601. The van der Waals surface area contributed by atoms with E-state index in [9.17, 15) is 4.79 Å². The smallest absolute Gasteiger partial charge is 0.340 e. The number of esters is 1. The fourth-order valence-electron chi connectivity index (χ4n) is 1.60. The second-order valence-corrected chi connectivity index (χ2v) is 4.65. The number of para-hydroxylation sites is 1. The third-order valence-electron chi connectivity index (χ3n) is 2.61. The molecule has 2 aromatic carbocycles. The number of carbonyl (C=O) groups excluding carboxylic acids is 1. The Labute approximate surface area is 126 Å². The van der Waals surface area contributed by atoms with Crippen molar-refractivity contribution in [3.05, 3.63) is 52.0 Å². The van der Waals surface area contributed by atoms with Crippen LogP contribution in [0, 0.1) is 0 Å². The molecule has 2 rings (SSSR count). The monoisotopic (exact) mass is 311 g/mol. The van der Waals surface area contributed by atoms with Crippen molar-refractivity contribution in [3.8, 4) is 11.5 Å². The zero-order valence-electron chi connectivity index (χ0n) is 10.5. The number of rotatable bonds is 3. The van der Waals surface area contributed by atoms with Crippen molar-refractivity contribution in [2.75, 3.05) is 12.8 Å². The van der Waals surface area contributed by atoms with Gasteiger partial charge in [0, 0.05) is 0 Å². The average Bonchev–Trinajstić information content (AvgIpc) is 2.45. The number of hydrogen-bond donors (Lipinski definition) is 1. The molecule has 0 aliphatic carbocycles. The van der Waals surface area contributed by atoms with Gasteiger partial charge in [-0.1, -0.05) is 35.3 Å². The molecule has 0 aliphatic rings. The lowest BCUT2D eigenvalue weighted by Crippen LogP contribution is -2.06. The van der Waals surface area contributed by atoms with Gasteiger partial charge in [0.25, 0.3) is 0 Å². The second kappa shape index (κ2) is 6.03. The van der Waals surface area contributed by atoms with Gasteiger partial charge in [-0.3, -0.25) is 0 Å². The van der Waals surface area contributed by atoms with Crippen LogP contribution in [0.2, 0.25) is 10.0 Å². The van der Waals surface area contributed by atoms with E-state index in [1.165, 1.54) is 7.11 Å². The van der Waals surface area contributed by atoms with Crippen molar-refractivity contribution in [2.45, 2.75) is 0 Å². The maximum atomic E-state index is 11.6. The van der Waals surface area contributed by atoms with Crippen molar-refractivity contribution in [2.24, 2.45) is 0 Å². The van der Waals surface area contributed by atoms with Crippen molar-refractivity contribution >= 4 is 34.9 Å². The number of nitrogens with two attached hydrogens (primary N) is 1. The largest absolute Gasteiger partial charge is 0.465 e. The molecule has 2 N–H and O–H groups in total. The Morgan fingerprint density at radius 3 is 2.45 bits per heavy atom. The zero-order chi connectivity index (χ0) is 14.7. The molecular weight excluding hydrogens is 301 g/mol. The predicted octanol–water partition coefficient (Wildman–Crippen LogP) is 4.15. The Hall–Kier alpha value is -1.91. The van der Waals surface area contributed by atoms with Crippen LogP contribution in [0.1, 0.15) is 10.4 Å². The SMILES string of the molecule is COC(=O)c1cccc(Oc2cccc(Cl)c2Cl)c1N. The van der Waals surface area contributed by atoms with Gasteiger partial charge in [-0.05, 0) is 24.3 Å². The molecule has 6 heteroatoms. The minimum Gasteiger partial charge on any atom is -0.465 e. The number of halogens is 2. The number of anilines is 1. The number of nitrogen functional groups attached to an aromatic ring is 1. The fraction of sp³-hybridized carbons (Fsp3) is 0.0714. The molecule has 0 aliphatic heterocycles. The van der Waals surface area contributed by atoms with Gasteiger partial charge >= 0.3 is 5.97 Å². The Kier molecular flexibility index (Phi) is 4.37. The maximum absolute atomic E-state index is 11.6. The molecule has 0 saturated carbocycles. The Bertz CT molecular complexity index is 659. The summed E-state index contributed by atoms with van der Waals surface area (Å²) in [5, 5.41) is 0.642. The highest BCUT2D eigenvalue weighted by molar-refractivity contribution is 6.42. The van der Waals surface area contributed by atoms with E-state index in [1.54, 1.807) is 36.4 Å². The lowest BCUT2D eigenvalue weighted by Gasteiger charge is -2.12. The summed E-state index contributed by atoms with van der Waals surface area (Å²) in [6, 6.07) is 9.80. The highest BCUT2D eigenvalue weighted by atomic mass is 35.5. The number of ether oxygens (including phenoxy) is 2. The summed E-state index contributed by atoms with van der Waals surface area (Å²) < 4.78 is 10.3. The van der Waals surface area contributed by atoms with Crippen LogP contribution in [0.3, 0.4) is 0 Å². The molecule has 4 nitrogen and oxygen atoms in total. The van der Waals surface area contributed by atoms with Crippen LogP contribution in [0.5, 0.6) is 11.5 Å². The molecule has 0 aromatic heterocycles. The van der Waals surface area contributed by atoms with Crippen LogP contribution in [0.4, 0.5) is 5.69 Å². The van der Waals surface area contributed by atoms with E-state index in [1.807, 2.05) is 0 Å². The topological polar surface area (TPSA) is 61.5 Å². The summed E-state index contributed by atoms with van der Waals surface area (Å²) in [5.74, 6) is 0.120. The molecule has 0 heterocycles. The van der Waals surface area contributed by atoms with Crippen molar-refractivity contribution in [1.29, 1.82) is 0 Å². The first-order chi connectivity index (χ1) is 9.54. The number of benzene rings is 2. The van der Waals surface area contributed by atoms with Gasteiger partial charge in [0.05, 0.1) is 23.4 Å². The van der Waals surface area contributed by atoms with Crippen LogP contribution in [0.25, 0.3) is 0 Å². The van der Waals surface area contributed by atoms with Gasteiger partial charge < -0.3 is 15.2 Å². The van der Waals surface area contributed by atoms with E-state index < -0.39 is 5.97 Å². The normalized spacial score (nSPS) is 10.2. The van der Waals surface area contributed by atoms with Crippen molar-refractivity contribution in [1.82, 2.24) is 0 Å². The second-order valence-electron chi connectivity index (χ2n) is 3.86. The van der Waals surface area contributed by atoms with E-state index in [0.717, 1.165) is 0 Å². The summed E-state index contributed by atoms with van der Waals surface area (Å²) in [6.07, 6.45) is 0. The molecule has 0 fully saturated rings. The molecule has 0 radical (unpaired) electrons. The first-order valence-corrected chi connectivity index (χ1v) is 6.39. The minimum atomic E-state index is -0.537. The first kappa shape index (κ1) is 14.5. The summed E-state index contributed by atoms with van der Waals surface area (Å²) in [4.78, 5) is 11.6. The standard InChI is InChI=1S/C14H11Cl2NO3/c1-19-14(18)8-4-2-7-11(13(8)17)20-10-6-3-5-9(15)12(10)16/h2-7H,17H2,1H3. The quantitative estimate of drug-likeness (QED) is 0.683. The van der Waals surface area contributed by atoms with Crippen LogP contribution in [0.15, 0.2) is 36.4 Å². The van der Waals surface area contributed by atoms with E-state index in [2.05, 4.69) is 4.74 Å². The molecule has 2 aromatic rings. The molecular formula is C14H11Cl2NO3. The third-order valence-corrected chi connectivity index (χ3v) is 3.41. The van der Waals surface area contributed by atoms with E-state index in [4.69, 9.17) is 33.7 Å². The predicted molar refractivity (Wildman–Crippen MR) is 78.7 cm³/mol. The Morgan fingerprint density at radius 2 is 1.75 bits per heavy atom. The minimum absolute atomic E-state index is 0.176. The summed E-state index contributed by atoms with van der Waals surface area (Å²) in [6.45, 7) is 0. The molecule has 0 bridgehead atoms. The van der Waals surface area contributed by atoms with Crippen LogP contribution >= 0.6 is 23.2 Å².